The van der Waals surface area contributed by atoms with E-state index < -0.39 is 0 Å². The van der Waals surface area contributed by atoms with E-state index in [1.54, 1.807) is 6.07 Å². The minimum atomic E-state index is -0.330. The number of benzene rings is 1. The molecule has 0 unspecified atom stereocenters. The molecule has 1 N–H and O–H groups in total. The lowest BCUT2D eigenvalue weighted by Crippen LogP contribution is -2.36. The smallest absolute Gasteiger partial charge is 0.227 e. The zero-order chi connectivity index (χ0) is 13.2. The third-order valence-corrected chi connectivity index (χ3v) is 3.52. The summed E-state index contributed by atoms with van der Waals surface area (Å²) < 4.78 is 18.7. The standard InChI is InChI=1S/C14H17FN2O2/c15-11-3-4-13(17-5-7-19-8-6-17)12(9-11)16-14(18)10-1-2-10/h3-4,9-10H,1-2,5-8H2,(H,16,18). The molecule has 102 valence electrons. The maximum absolute atomic E-state index is 13.4. The van der Waals surface area contributed by atoms with E-state index in [0.717, 1.165) is 31.6 Å². The van der Waals surface area contributed by atoms with Crippen LogP contribution in [-0.4, -0.2) is 32.2 Å². The van der Waals surface area contributed by atoms with Crippen LogP contribution in [0.25, 0.3) is 0 Å². The normalized spacial score (nSPS) is 19.3. The van der Waals surface area contributed by atoms with Gasteiger partial charge in [0.1, 0.15) is 5.82 Å². The monoisotopic (exact) mass is 264 g/mol. The molecule has 0 bridgehead atoms. The maximum atomic E-state index is 13.4. The van der Waals surface area contributed by atoms with Crippen molar-refractivity contribution in [2.24, 2.45) is 5.92 Å². The SMILES string of the molecule is O=C(Nc1cc(F)ccc1N1CCOCC1)C1CC1. The minimum absolute atomic E-state index is 0.000101. The van der Waals surface area contributed by atoms with Crippen molar-refractivity contribution >= 4 is 17.3 Å². The molecule has 1 aromatic carbocycles. The summed E-state index contributed by atoms with van der Waals surface area (Å²) in [5, 5.41) is 2.85. The van der Waals surface area contributed by atoms with Crippen molar-refractivity contribution in [1.29, 1.82) is 0 Å². The summed E-state index contributed by atoms with van der Waals surface area (Å²) in [5.41, 5.74) is 1.44. The number of carbonyl (C=O) groups is 1. The zero-order valence-corrected chi connectivity index (χ0v) is 10.7. The lowest BCUT2D eigenvalue weighted by molar-refractivity contribution is -0.117. The van der Waals surface area contributed by atoms with Crippen LogP contribution in [-0.2, 0) is 9.53 Å². The van der Waals surface area contributed by atoms with Gasteiger partial charge in [0.15, 0.2) is 0 Å². The number of ether oxygens (including phenoxy) is 1. The van der Waals surface area contributed by atoms with Crippen LogP contribution in [0.15, 0.2) is 18.2 Å². The number of anilines is 2. The van der Waals surface area contributed by atoms with Gasteiger partial charge in [-0.15, -0.1) is 0 Å². The quantitative estimate of drug-likeness (QED) is 0.908. The lowest BCUT2D eigenvalue weighted by Gasteiger charge is -2.30. The van der Waals surface area contributed by atoms with E-state index in [1.807, 2.05) is 0 Å². The van der Waals surface area contributed by atoms with E-state index in [0.29, 0.717) is 18.9 Å². The number of nitrogens with one attached hydrogen (secondary N) is 1. The number of rotatable bonds is 3. The predicted molar refractivity (Wildman–Crippen MR) is 70.8 cm³/mol. The van der Waals surface area contributed by atoms with Crippen LogP contribution in [0.4, 0.5) is 15.8 Å². The number of hydrogen-bond donors (Lipinski definition) is 1. The predicted octanol–water partition coefficient (Wildman–Crippen LogP) is 2.01. The van der Waals surface area contributed by atoms with E-state index in [9.17, 15) is 9.18 Å². The Bertz CT molecular complexity index is 482. The highest BCUT2D eigenvalue weighted by Crippen LogP contribution is 2.33. The molecule has 1 aliphatic heterocycles. The average molecular weight is 264 g/mol. The third-order valence-electron chi connectivity index (χ3n) is 3.52. The summed E-state index contributed by atoms with van der Waals surface area (Å²) >= 11 is 0. The Morgan fingerprint density at radius 2 is 2.05 bits per heavy atom. The molecule has 1 saturated heterocycles. The van der Waals surface area contributed by atoms with E-state index in [4.69, 9.17) is 4.74 Å². The number of morpholine rings is 1. The summed E-state index contributed by atoms with van der Waals surface area (Å²) in [6.07, 6.45) is 1.88. The summed E-state index contributed by atoms with van der Waals surface area (Å²) in [6.45, 7) is 2.84. The molecule has 5 heteroatoms. The molecule has 1 aliphatic carbocycles. The maximum Gasteiger partial charge on any atom is 0.227 e. The molecular formula is C14H17FN2O2. The number of carbonyl (C=O) groups excluding carboxylic acids is 1. The first kappa shape index (κ1) is 12.4. The fraction of sp³-hybridized carbons (Fsp3) is 0.500. The molecule has 0 radical (unpaired) electrons. The van der Waals surface area contributed by atoms with Crippen molar-refractivity contribution in [3.8, 4) is 0 Å². The van der Waals surface area contributed by atoms with Crippen molar-refractivity contribution in [2.45, 2.75) is 12.8 Å². The molecule has 0 atom stereocenters. The second-order valence-electron chi connectivity index (χ2n) is 5.02. The van der Waals surface area contributed by atoms with Gasteiger partial charge in [-0.2, -0.15) is 0 Å². The van der Waals surface area contributed by atoms with Crippen LogP contribution in [0.5, 0.6) is 0 Å². The Kier molecular flexibility index (Phi) is 3.38. The first-order chi connectivity index (χ1) is 9.24. The molecule has 2 aliphatic rings. The highest BCUT2D eigenvalue weighted by atomic mass is 19.1. The summed E-state index contributed by atoms with van der Waals surface area (Å²) in [5.74, 6) is -0.218. The van der Waals surface area contributed by atoms with Gasteiger partial charge in [-0.1, -0.05) is 0 Å². The number of halogens is 1. The Balaban J connectivity index is 1.82. The van der Waals surface area contributed by atoms with Crippen LogP contribution in [0, 0.1) is 11.7 Å². The highest BCUT2D eigenvalue weighted by Gasteiger charge is 2.30. The van der Waals surface area contributed by atoms with Crippen LogP contribution in [0.3, 0.4) is 0 Å². The Morgan fingerprint density at radius 1 is 1.32 bits per heavy atom. The molecule has 0 aromatic heterocycles. The molecule has 1 saturated carbocycles. The summed E-state index contributed by atoms with van der Waals surface area (Å²) in [4.78, 5) is 14.0. The molecule has 19 heavy (non-hydrogen) atoms. The molecular weight excluding hydrogens is 247 g/mol. The number of hydrogen-bond acceptors (Lipinski definition) is 3. The van der Waals surface area contributed by atoms with Crippen molar-refractivity contribution in [3.63, 3.8) is 0 Å². The first-order valence-electron chi connectivity index (χ1n) is 6.67. The van der Waals surface area contributed by atoms with E-state index >= 15 is 0 Å². The van der Waals surface area contributed by atoms with Crippen molar-refractivity contribution < 1.29 is 13.9 Å². The first-order valence-corrected chi connectivity index (χ1v) is 6.67. The van der Waals surface area contributed by atoms with Gasteiger partial charge in [-0.25, -0.2) is 4.39 Å². The number of nitrogens with zero attached hydrogens (tertiary/aromatic N) is 1. The van der Waals surface area contributed by atoms with Gasteiger partial charge in [0, 0.05) is 19.0 Å². The van der Waals surface area contributed by atoms with Crippen LogP contribution >= 0.6 is 0 Å². The van der Waals surface area contributed by atoms with Gasteiger partial charge in [-0.3, -0.25) is 4.79 Å². The molecule has 1 heterocycles. The van der Waals surface area contributed by atoms with Crippen molar-refractivity contribution in [2.75, 3.05) is 36.5 Å². The molecule has 3 rings (SSSR count). The second-order valence-corrected chi connectivity index (χ2v) is 5.02. The van der Waals surface area contributed by atoms with E-state index in [1.165, 1.54) is 12.1 Å². The largest absolute Gasteiger partial charge is 0.378 e. The van der Waals surface area contributed by atoms with Gasteiger partial charge in [0.2, 0.25) is 5.91 Å². The zero-order valence-electron chi connectivity index (χ0n) is 10.7. The third kappa shape index (κ3) is 2.87. The van der Waals surface area contributed by atoms with E-state index in [-0.39, 0.29) is 17.6 Å². The van der Waals surface area contributed by atoms with Gasteiger partial charge in [0.05, 0.1) is 24.6 Å². The van der Waals surface area contributed by atoms with Crippen molar-refractivity contribution in [1.82, 2.24) is 0 Å². The van der Waals surface area contributed by atoms with E-state index in [2.05, 4.69) is 10.2 Å². The second kappa shape index (κ2) is 5.17. The van der Waals surface area contributed by atoms with Gasteiger partial charge in [-0.05, 0) is 31.0 Å². The molecule has 0 spiro atoms. The lowest BCUT2D eigenvalue weighted by atomic mass is 10.2. The highest BCUT2D eigenvalue weighted by molar-refractivity contribution is 5.97. The van der Waals surface area contributed by atoms with Gasteiger partial charge >= 0.3 is 0 Å². The number of amides is 1. The van der Waals surface area contributed by atoms with Gasteiger partial charge in [0.25, 0.3) is 0 Å². The Labute approximate surface area is 111 Å². The minimum Gasteiger partial charge on any atom is -0.378 e. The average Bonchev–Trinajstić information content (AvgIpc) is 3.24. The van der Waals surface area contributed by atoms with Crippen molar-refractivity contribution in [3.05, 3.63) is 24.0 Å². The van der Waals surface area contributed by atoms with Crippen LogP contribution < -0.4 is 10.2 Å². The molecule has 4 nitrogen and oxygen atoms in total. The summed E-state index contributed by atoms with van der Waals surface area (Å²) in [7, 11) is 0. The summed E-state index contributed by atoms with van der Waals surface area (Å²) in [6, 6.07) is 4.55. The fourth-order valence-corrected chi connectivity index (χ4v) is 2.27. The Morgan fingerprint density at radius 3 is 2.74 bits per heavy atom. The fourth-order valence-electron chi connectivity index (χ4n) is 2.27. The van der Waals surface area contributed by atoms with Crippen LogP contribution in [0.1, 0.15) is 12.8 Å². The molecule has 1 amide bonds. The van der Waals surface area contributed by atoms with Crippen LogP contribution in [0.2, 0.25) is 0 Å². The topological polar surface area (TPSA) is 41.6 Å². The van der Waals surface area contributed by atoms with Gasteiger partial charge < -0.3 is 15.0 Å². The molecule has 2 fully saturated rings. The Hall–Kier alpha value is -1.62. The molecule has 1 aromatic rings.